The van der Waals surface area contributed by atoms with Gasteiger partial charge >= 0.3 is 5.97 Å². The topological polar surface area (TPSA) is 158 Å². The zero-order valence-corrected chi connectivity index (χ0v) is 42.5. The number of Topliss-reactive ketones (excluding diaryl/α,β-unsaturated/α-hetero) is 2. The van der Waals surface area contributed by atoms with Gasteiger partial charge < -0.3 is 38.8 Å². The van der Waals surface area contributed by atoms with Gasteiger partial charge in [-0.1, -0.05) is 93.7 Å². The van der Waals surface area contributed by atoms with Crippen molar-refractivity contribution in [1.29, 1.82) is 0 Å². The quantitative estimate of drug-likeness (QED) is 0.0865. The van der Waals surface area contributed by atoms with E-state index in [1.165, 1.54) is 12.0 Å². The van der Waals surface area contributed by atoms with Crippen LogP contribution in [-0.4, -0.2) is 119 Å². The van der Waals surface area contributed by atoms with Gasteiger partial charge in [-0.25, -0.2) is 4.79 Å². The van der Waals surface area contributed by atoms with Crippen LogP contribution in [0.4, 0.5) is 0 Å². The third kappa shape index (κ3) is 14.6. The molecular weight excluding hydrogens is 929 g/mol. The number of halogens is 1. The van der Waals surface area contributed by atoms with Gasteiger partial charge in [0.1, 0.15) is 24.4 Å². The second-order valence-electron chi connectivity index (χ2n) is 19.6. The van der Waals surface area contributed by atoms with Crippen LogP contribution in [0.1, 0.15) is 132 Å². The third-order valence-corrected chi connectivity index (χ3v) is 15.9. The maximum Gasteiger partial charge on any atom is 0.329 e. The van der Waals surface area contributed by atoms with Crippen LogP contribution in [0.2, 0.25) is 0 Å². The van der Waals surface area contributed by atoms with Crippen molar-refractivity contribution in [3.63, 3.8) is 0 Å². The number of hydrogen-bond donors (Lipinski definition) is 2. The Bertz CT molecular complexity index is 1680. The Morgan fingerprint density at radius 3 is 2.27 bits per heavy atom. The van der Waals surface area contributed by atoms with E-state index in [2.05, 4.69) is 36.4 Å². The highest BCUT2D eigenvalue weighted by molar-refractivity contribution is 14.1. The van der Waals surface area contributed by atoms with Crippen LogP contribution in [-0.2, 0) is 42.9 Å². The number of esters is 1. The summed E-state index contributed by atoms with van der Waals surface area (Å²) in [5, 5.41) is 23.4. The molecular formula is C51H80INO11. The number of nitrogens with zero attached hydrogens (tertiary/aromatic N) is 1. The third-order valence-electron chi connectivity index (χ3n) is 14.5. The van der Waals surface area contributed by atoms with Crippen molar-refractivity contribution in [3.8, 4) is 0 Å². The molecule has 3 fully saturated rings. The van der Waals surface area contributed by atoms with Crippen LogP contribution >= 0.6 is 22.6 Å². The summed E-state index contributed by atoms with van der Waals surface area (Å²) >= 11 is 2.48. The SMILES string of the molecule is CO[C@H]1C[C@@H]2CC[C@@H](C)[C@@](O)(O2)C(=O)C(=O)N2CCCC[C@H]2C(=O)O[C@H]([C@H](C)C[C@@H]2CC[C@@H](I)[C@H](OC)C2)CC[C@H](C)/C=C(\C)[C@@H](O)[C@@H](OC)C(=O)[C@H](C)C[C@H](C)/C=C/C=CC=C1C. The fraction of sp³-hybridized carbons (Fsp3) is 0.765. The first kappa shape index (κ1) is 54.3. The molecule has 13 heteroatoms. The van der Waals surface area contributed by atoms with Gasteiger partial charge in [-0.3, -0.25) is 14.4 Å². The predicted molar refractivity (Wildman–Crippen MR) is 257 cm³/mol. The van der Waals surface area contributed by atoms with Crippen molar-refractivity contribution >= 4 is 46.0 Å². The lowest BCUT2D eigenvalue weighted by Gasteiger charge is -2.42. The highest BCUT2D eigenvalue weighted by Crippen LogP contribution is 2.38. The summed E-state index contributed by atoms with van der Waals surface area (Å²) < 4.78 is 30.4. The number of aliphatic hydroxyl groups excluding tert-OH is 1. The smallest absolute Gasteiger partial charge is 0.329 e. The first-order valence-electron chi connectivity index (χ1n) is 23.9. The minimum atomic E-state index is -2.36. The van der Waals surface area contributed by atoms with Crippen molar-refractivity contribution in [1.82, 2.24) is 4.90 Å². The van der Waals surface area contributed by atoms with Gasteiger partial charge in [-0.15, -0.1) is 0 Å². The van der Waals surface area contributed by atoms with E-state index in [-0.39, 0.29) is 48.2 Å². The normalized spacial score (nSPS) is 39.5. The van der Waals surface area contributed by atoms with Crippen LogP contribution in [0.25, 0.3) is 0 Å². The largest absolute Gasteiger partial charge is 0.461 e. The Balaban J connectivity index is 1.67. The summed E-state index contributed by atoms with van der Waals surface area (Å²) in [6.45, 7) is 13.7. The molecule has 1 saturated carbocycles. The van der Waals surface area contributed by atoms with E-state index >= 15 is 0 Å². The monoisotopic (exact) mass is 1010 g/mol. The summed E-state index contributed by atoms with van der Waals surface area (Å²) in [6, 6.07) is -0.987. The molecule has 0 aromatic heterocycles. The van der Waals surface area contributed by atoms with Gasteiger partial charge in [-0.05, 0) is 126 Å². The molecule has 2 N–H and O–H groups in total. The van der Waals surface area contributed by atoms with Crippen molar-refractivity contribution in [3.05, 3.63) is 47.6 Å². The molecule has 64 heavy (non-hydrogen) atoms. The number of methoxy groups -OCH3 is 3. The number of carbonyl (C=O) groups excluding carboxylic acids is 4. The second kappa shape index (κ2) is 25.7. The van der Waals surface area contributed by atoms with Gasteiger partial charge in [0.25, 0.3) is 11.7 Å². The molecule has 0 radical (unpaired) electrons. The average molecular weight is 1010 g/mol. The molecule has 3 heterocycles. The number of amides is 1. The first-order chi connectivity index (χ1) is 30.3. The lowest BCUT2D eigenvalue weighted by Crippen LogP contribution is -2.61. The summed E-state index contributed by atoms with van der Waals surface area (Å²) in [4.78, 5) is 57.9. The number of hydrogen-bond acceptors (Lipinski definition) is 11. The van der Waals surface area contributed by atoms with Gasteiger partial charge in [-0.2, -0.15) is 0 Å². The number of allylic oxidation sites excluding steroid dienone is 6. The van der Waals surface area contributed by atoms with E-state index in [0.29, 0.717) is 73.2 Å². The van der Waals surface area contributed by atoms with E-state index in [1.807, 2.05) is 64.2 Å². The number of ether oxygens (including phenoxy) is 5. The maximum atomic E-state index is 14.4. The van der Waals surface area contributed by atoms with Gasteiger partial charge in [0.2, 0.25) is 5.79 Å². The number of cyclic esters (lactones) is 1. The molecule has 4 aliphatic rings. The molecule has 362 valence electrons. The molecule has 0 aromatic rings. The molecule has 0 unspecified atom stereocenters. The molecule has 3 aliphatic heterocycles. The molecule has 12 nitrogen and oxygen atoms in total. The minimum Gasteiger partial charge on any atom is -0.461 e. The van der Waals surface area contributed by atoms with Crippen LogP contribution in [0.3, 0.4) is 0 Å². The first-order valence-corrected chi connectivity index (χ1v) is 25.2. The number of rotatable bonds is 6. The fourth-order valence-electron chi connectivity index (χ4n) is 10.3. The van der Waals surface area contributed by atoms with Crippen LogP contribution < -0.4 is 0 Å². The number of ketones is 2. The maximum absolute atomic E-state index is 14.4. The molecule has 4 rings (SSSR count). The zero-order valence-electron chi connectivity index (χ0n) is 40.3. The Morgan fingerprint density at radius 1 is 0.844 bits per heavy atom. The van der Waals surface area contributed by atoms with E-state index in [0.717, 1.165) is 31.3 Å². The average Bonchev–Trinajstić information content (AvgIpc) is 3.27. The number of fused-ring (bicyclic) bond motifs is 3. The molecule has 2 bridgehead atoms. The van der Waals surface area contributed by atoms with E-state index in [1.54, 1.807) is 21.1 Å². The minimum absolute atomic E-state index is 0.0207. The molecule has 0 spiro atoms. The highest BCUT2D eigenvalue weighted by Gasteiger charge is 2.53. The van der Waals surface area contributed by atoms with E-state index < -0.39 is 59.8 Å². The molecule has 1 aliphatic carbocycles. The molecule has 1 amide bonds. The number of aliphatic hydroxyl groups is 2. The Labute approximate surface area is 397 Å². The Hall–Kier alpha value is -2.27. The Kier molecular flexibility index (Phi) is 21.9. The standard InChI is InChI=1S/C51H80INO11/c1-31-16-12-11-13-17-33(3)43(60-8)30-39-22-20-37(7)51(59,64-39)48(56)49(57)53-25-15-14-18-41(53)50(58)63-42(34(4)28-38-21-23-40(52)44(29-38)61-9)24-19-32(2)27-36(6)46(55)47(62-10)45(54)35(5)26-31/h11-13,16-17,27,31-32,34-35,37-44,46-47,55,59H,14-15,18-26,28-30H2,1-10H3/b13-11?,16-12+,33-17?,36-27+/t31-,32+,34-,35-,37-,38+,39+,40-,41+,42+,43+,44-,46-,47+,51-/m1/s1. The summed E-state index contributed by atoms with van der Waals surface area (Å²) in [5.41, 5.74) is 1.54. The predicted octanol–water partition coefficient (Wildman–Crippen LogP) is 8.44. The summed E-state index contributed by atoms with van der Waals surface area (Å²) in [5.74, 6) is -5.67. The van der Waals surface area contributed by atoms with E-state index in [4.69, 9.17) is 23.7 Å². The van der Waals surface area contributed by atoms with E-state index in [9.17, 15) is 29.4 Å². The van der Waals surface area contributed by atoms with Gasteiger partial charge in [0, 0.05) is 50.1 Å². The van der Waals surface area contributed by atoms with Crippen LogP contribution in [0.5, 0.6) is 0 Å². The van der Waals surface area contributed by atoms with Crippen LogP contribution in [0, 0.1) is 35.5 Å². The number of carbonyl (C=O) groups is 4. The van der Waals surface area contributed by atoms with Crippen molar-refractivity contribution in [2.24, 2.45) is 35.5 Å². The van der Waals surface area contributed by atoms with Gasteiger partial charge in [0.15, 0.2) is 5.78 Å². The number of piperidine rings is 1. The second-order valence-corrected chi connectivity index (χ2v) is 21.2. The number of alkyl halides is 1. The molecule has 15 atom stereocenters. The molecule has 2 saturated heterocycles. The van der Waals surface area contributed by atoms with Crippen molar-refractivity contribution in [2.75, 3.05) is 27.9 Å². The van der Waals surface area contributed by atoms with Crippen molar-refractivity contribution in [2.45, 2.75) is 184 Å². The summed E-state index contributed by atoms with van der Waals surface area (Å²) in [6.07, 6.45) is 16.9. The van der Waals surface area contributed by atoms with Gasteiger partial charge in [0.05, 0.1) is 18.3 Å². The Morgan fingerprint density at radius 2 is 1.58 bits per heavy atom. The molecule has 0 aromatic carbocycles. The zero-order chi connectivity index (χ0) is 47.3. The van der Waals surface area contributed by atoms with Crippen LogP contribution in [0.15, 0.2) is 47.6 Å². The summed E-state index contributed by atoms with van der Waals surface area (Å²) in [7, 11) is 4.82. The lowest BCUT2D eigenvalue weighted by molar-refractivity contribution is -0.265. The lowest BCUT2D eigenvalue weighted by atomic mass is 9.79. The van der Waals surface area contributed by atoms with Crippen molar-refractivity contribution < 1.29 is 53.1 Å². The fourth-order valence-corrected chi connectivity index (χ4v) is 11.2. The highest BCUT2D eigenvalue weighted by atomic mass is 127.